The fraction of sp³-hybridized carbons (Fsp3) is 0.391. The summed E-state index contributed by atoms with van der Waals surface area (Å²) in [7, 11) is 6.17. The Balaban J connectivity index is 1.91. The second kappa shape index (κ2) is 12.4. The minimum Gasteiger partial charge on any atom is -0.497 e. The van der Waals surface area contributed by atoms with Crippen LogP contribution in [0.5, 0.6) is 23.0 Å². The molecule has 0 heterocycles. The van der Waals surface area contributed by atoms with Crippen molar-refractivity contribution >= 4 is 17.5 Å². The molecule has 0 fully saturated rings. The van der Waals surface area contributed by atoms with Crippen molar-refractivity contribution in [2.24, 2.45) is 0 Å². The number of nitrogens with zero attached hydrogens (tertiary/aromatic N) is 1. The van der Waals surface area contributed by atoms with Crippen molar-refractivity contribution in [1.29, 1.82) is 0 Å². The highest BCUT2D eigenvalue weighted by atomic mass is 16.5. The van der Waals surface area contributed by atoms with Gasteiger partial charge in [-0.15, -0.1) is 0 Å². The maximum absolute atomic E-state index is 12.5. The smallest absolute Gasteiger partial charge is 0.238 e. The van der Waals surface area contributed by atoms with E-state index in [9.17, 15) is 9.59 Å². The third-order valence-corrected chi connectivity index (χ3v) is 4.75. The first-order chi connectivity index (χ1) is 15.4. The van der Waals surface area contributed by atoms with E-state index in [0.717, 1.165) is 5.56 Å². The number of ether oxygens (including phenoxy) is 4. The molecule has 2 rings (SSSR count). The van der Waals surface area contributed by atoms with Gasteiger partial charge in [0.1, 0.15) is 5.75 Å². The molecule has 0 saturated heterocycles. The summed E-state index contributed by atoms with van der Waals surface area (Å²) in [5.74, 6) is 1.76. The van der Waals surface area contributed by atoms with Crippen LogP contribution in [0.3, 0.4) is 0 Å². The number of carbonyl (C=O) groups is 2. The largest absolute Gasteiger partial charge is 0.497 e. The first-order valence-electron chi connectivity index (χ1n) is 10.2. The summed E-state index contributed by atoms with van der Waals surface area (Å²) in [4.78, 5) is 26.6. The van der Waals surface area contributed by atoms with Crippen LogP contribution in [-0.2, 0) is 16.1 Å². The second-order valence-corrected chi connectivity index (χ2v) is 6.89. The van der Waals surface area contributed by atoms with Crippen LogP contribution in [-0.4, -0.2) is 64.8 Å². The third-order valence-electron chi connectivity index (χ3n) is 4.75. The highest BCUT2D eigenvalue weighted by Gasteiger charge is 2.16. The Morgan fingerprint density at radius 1 is 0.875 bits per heavy atom. The molecule has 9 heteroatoms. The molecular formula is C23H31N3O6. The van der Waals surface area contributed by atoms with E-state index in [-0.39, 0.29) is 31.4 Å². The number of likely N-dealkylation sites (N-methyl/N-ethyl adjacent to an activating group) is 1. The predicted octanol–water partition coefficient (Wildman–Crippen LogP) is 2.30. The van der Waals surface area contributed by atoms with Gasteiger partial charge < -0.3 is 29.6 Å². The van der Waals surface area contributed by atoms with E-state index in [0.29, 0.717) is 35.2 Å². The molecule has 0 saturated carbocycles. The van der Waals surface area contributed by atoms with Crippen molar-refractivity contribution in [3.8, 4) is 23.0 Å². The van der Waals surface area contributed by atoms with E-state index in [1.807, 2.05) is 6.92 Å². The van der Waals surface area contributed by atoms with Gasteiger partial charge in [-0.25, -0.2) is 0 Å². The number of methoxy groups -OCH3 is 4. The molecule has 32 heavy (non-hydrogen) atoms. The van der Waals surface area contributed by atoms with Gasteiger partial charge in [-0.2, -0.15) is 0 Å². The number of nitrogens with one attached hydrogen (secondary N) is 2. The zero-order chi connectivity index (χ0) is 23.5. The second-order valence-electron chi connectivity index (χ2n) is 6.89. The van der Waals surface area contributed by atoms with E-state index in [2.05, 4.69) is 10.6 Å². The Morgan fingerprint density at radius 3 is 2.09 bits per heavy atom. The average molecular weight is 446 g/mol. The lowest BCUT2D eigenvalue weighted by Gasteiger charge is -2.20. The van der Waals surface area contributed by atoms with Gasteiger partial charge in [-0.05, 0) is 36.4 Å². The van der Waals surface area contributed by atoms with Crippen molar-refractivity contribution in [2.75, 3.05) is 53.4 Å². The van der Waals surface area contributed by atoms with Gasteiger partial charge in [0.05, 0.1) is 41.5 Å². The van der Waals surface area contributed by atoms with Gasteiger partial charge in [0.15, 0.2) is 11.5 Å². The van der Waals surface area contributed by atoms with Crippen molar-refractivity contribution < 1.29 is 28.5 Å². The van der Waals surface area contributed by atoms with E-state index in [4.69, 9.17) is 18.9 Å². The van der Waals surface area contributed by atoms with Gasteiger partial charge in [0.25, 0.3) is 0 Å². The van der Waals surface area contributed by atoms with Crippen molar-refractivity contribution in [3.63, 3.8) is 0 Å². The van der Waals surface area contributed by atoms with Crippen LogP contribution in [0, 0.1) is 0 Å². The summed E-state index contributed by atoms with van der Waals surface area (Å²) < 4.78 is 21.1. The van der Waals surface area contributed by atoms with Crippen LogP contribution in [0.4, 0.5) is 5.69 Å². The highest BCUT2D eigenvalue weighted by Crippen LogP contribution is 2.38. The van der Waals surface area contributed by atoms with Gasteiger partial charge in [-0.1, -0.05) is 13.0 Å². The Bertz CT molecular complexity index is 893. The lowest BCUT2D eigenvalue weighted by atomic mass is 10.1. The topological polar surface area (TPSA) is 98.4 Å². The Hall–Kier alpha value is -3.46. The molecule has 2 amide bonds. The van der Waals surface area contributed by atoms with Crippen LogP contribution in [0.2, 0.25) is 0 Å². The standard InChI is InChI=1S/C23H31N3O6/c1-6-26(15-22(28)25-17-8-7-9-18(12-17)29-2)14-21(27)24-13-16-10-19(30-3)23(32-5)20(11-16)31-4/h7-12H,6,13-15H2,1-5H3,(H,24,27)(H,25,28). The Kier molecular flexibility index (Phi) is 9.62. The lowest BCUT2D eigenvalue weighted by Crippen LogP contribution is -2.40. The monoisotopic (exact) mass is 445 g/mol. The molecule has 2 aromatic carbocycles. The summed E-state index contributed by atoms with van der Waals surface area (Å²) in [6.45, 7) is 2.90. The Morgan fingerprint density at radius 2 is 1.53 bits per heavy atom. The van der Waals surface area contributed by atoms with Gasteiger partial charge in [-0.3, -0.25) is 14.5 Å². The summed E-state index contributed by atoms with van der Waals surface area (Å²) in [6.07, 6.45) is 0. The molecule has 2 aromatic rings. The minimum atomic E-state index is -0.211. The number of carbonyl (C=O) groups excluding carboxylic acids is 2. The van der Waals surface area contributed by atoms with Crippen molar-refractivity contribution in [1.82, 2.24) is 10.2 Å². The van der Waals surface area contributed by atoms with E-state index >= 15 is 0 Å². The minimum absolute atomic E-state index is 0.0886. The van der Waals surface area contributed by atoms with Gasteiger partial charge in [0, 0.05) is 18.3 Å². The normalized spacial score (nSPS) is 10.4. The van der Waals surface area contributed by atoms with Gasteiger partial charge >= 0.3 is 0 Å². The molecule has 0 unspecified atom stereocenters. The first kappa shape index (κ1) is 24.8. The maximum atomic E-state index is 12.5. The molecule has 0 aliphatic rings. The van der Waals surface area contributed by atoms with Crippen LogP contribution in [0.1, 0.15) is 12.5 Å². The quantitative estimate of drug-likeness (QED) is 0.517. The summed E-state index contributed by atoms with van der Waals surface area (Å²) >= 11 is 0. The fourth-order valence-corrected chi connectivity index (χ4v) is 3.08. The van der Waals surface area contributed by atoms with Crippen LogP contribution in [0.25, 0.3) is 0 Å². The maximum Gasteiger partial charge on any atom is 0.238 e. The lowest BCUT2D eigenvalue weighted by molar-refractivity contribution is -0.123. The van der Waals surface area contributed by atoms with Crippen LogP contribution >= 0.6 is 0 Å². The first-order valence-corrected chi connectivity index (χ1v) is 10.2. The number of benzene rings is 2. The van der Waals surface area contributed by atoms with Gasteiger partial charge in [0.2, 0.25) is 17.6 Å². The molecule has 0 aliphatic heterocycles. The molecule has 0 aromatic heterocycles. The summed E-state index contributed by atoms with van der Waals surface area (Å²) in [5, 5.41) is 5.68. The van der Waals surface area contributed by atoms with E-state index < -0.39 is 0 Å². The van der Waals surface area contributed by atoms with Crippen LogP contribution in [0.15, 0.2) is 36.4 Å². The number of hydrogen-bond donors (Lipinski definition) is 2. The van der Waals surface area contributed by atoms with E-state index in [1.165, 1.54) is 21.3 Å². The average Bonchev–Trinajstić information content (AvgIpc) is 2.81. The molecule has 0 radical (unpaired) electrons. The number of rotatable bonds is 12. The number of hydrogen-bond acceptors (Lipinski definition) is 7. The molecule has 174 valence electrons. The predicted molar refractivity (Wildman–Crippen MR) is 122 cm³/mol. The fourth-order valence-electron chi connectivity index (χ4n) is 3.08. The molecular weight excluding hydrogens is 414 g/mol. The SMILES string of the molecule is CCN(CC(=O)NCc1cc(OC)c(OC)c(OC)c1)CC(=O)Nc1cccc(OC)c1. The highest BCUT2D eigenvalue weighted by molar-refractivity contribution is 5.92. The molecule has 0 atom stereocenters. The zero-order valence-electron chi connectivity index (χ0n) is 19.2. The summed E-state index contributed by atoms with van der Waals surface area (Å²) in [6, 6.07) is 10.7. The zero-order valence-corrected chi connectivity index (χ0v) is 19.2. The molecule has 0 bridgehead atoms. The third kappa shape index (κ3) is 7.05. The van der Waals surface area contributed by atoms with Crippen molar-refractivity contribution in [2.45, 2.75) is 13.5 Å². The number of amides is 2. The molecule has 9 nitrogen and oxygen atoms in total. The summed E-state index contributed by atoms with van der Waals surface area (Å²) in [5.41, 5.74) is 1.43. The Labute approximate surface area is 188 Å². The molecule has 2 N–H and O–H groups in total. The van der Waals surface area contributed by atoms with E-state index in [1.54, 1.807) is 48.4 Å². The molecule has 0 aliphatic carbocycles. The van der Waals surface area contributed by atoms with Crippen molar-refractivity contribution in [3.05, 3.63) is 42.0 Å². The molecule has 0 spiro atoms. The number of anilines is 1. The van der Waals surface area contributed by atoms with Crippen LogP contribution < -0.4 is 29.6 Å².